The summed E-state index contributed by atoms with van der Waals surface area (Å²) in [5, 5.41) is 55.0. The topological polar surface area (TPSA) is 413 Å². The number of ether oxygens (including phenoxy) is 5. The third kappa shape index (κ3) is 17.0. The number of nitrogens with zero attached hydrogens (tertiary/aromatic N) is 4. The smallest absolute Gasteiger partial charge is 0.410 e. The number of fused-ring (bicyclic) bond motifs is 2. The molecule has 29 nitrogen and oxygen atoms in total. The molecule has 1 saturated heterocycles. The molecule has 4 bridgehead atoms. The van der Waals surface area contributed by atoms with Gasteiger partial charge in [-0.3, -0.25) is 48.1 Å². The molecule has 9 N–H and O–H groups in total. The lowest BCUT2D eigenvalue weighted by Crippen LogP contribution is -2.49. The molecule has 0 radical (unpaired) electrons. The summed E-state index contributed by atoms with van der Waals surface area (Å²) < 4.78 is 36.4. The first-order chi connectivity index (χ1) is 50.9. The number of methoxy groups -OCH3 is 1. The Morgan fingerprint density at radius 1 is 0.832 bits per heavy atom. The van der Waals surface area contributed by atoms with Crippen LogP contribution in [0, 0.1) is 41.9 Å². The zero-order valence-electron chi connectivity index (χ0n) is 61.5. The number of aromatic nitrogens is 1. The number of imide groups is 1. The number of esters is 1. The Bertz CT molecular complexity index is 4610. The lowest BCUT2D eigenvalue weighted by molar-refractivity contribution is -0.160. The summed E-state index contributed by atoms with van der Waals surface area (Å²) in [6.07, 6.45) is 9.41. The Kier molecular flexibility index (Phi) is 24.8. The number of aliphatic hydroxyl groups is 3. The van der Waals surface area contributed by atoms with E-state index in [1.807, 2.05) is 4.90 Å². The maximum Gasteiger partial charge on any atom is 0.410 e. The Hall–Kier alpha value is -10.5. The van der Waals surface area contributed by atoms with Crippen molar-refractivity contribution in [3.63, 3.8) is 0 Å². The number of ketones is 2. The number of anilines is 3. The second-order valence-corrected chi connectivity index (χ2v) is 28.7. The number of amides is 7. The van der Waals surface area contributed by atoms with Gasteiger partial charge in [0.1, 0.15) is 47.0 Å². The number of nitrogens with two attached hydrogens (primary N) is 1. The van der Waals surface area contributed by atoms with Gasteiger partial charge in [-0.1, -0.05) is 77.3 Å². The van der Waals surface area contributed by atoms with Crippen LogP contribution in [0.15, 0.2) is 98.7 Å². The number of nitrogens with one attached hydrogen (secondary N) is 3. The van der Waals surface area contributed by atoms with E-state index in [-0.39, 0.29) is 132 Å². The predicted octanol–water partition coefficient (Wildman–Crippen LogP) is 7.60. The maximum atomic E-state index is 15.2. The highest BCUT2D eigenvalue weighted by molar-refractivity contribution is 6.17. The number of phenolic OH excluding ortho intramolecular Hbond substituents is 1. The molecule has 5 heterocycles. The number of unbranched alkanes of at least 4 members (excludes halogenated alkanes) is 3. The van der Waals surface area contributed by atoms with Crippen LogP contribution in [-0.4, -0.2) is 165 Å². The van der Waals surface area contributed by atoms with Gasteiger partial charge in [-0.25, -0.2) is 14.6 Å². The minimum absolute atomic E-state index is 0.0123. The molecule has 4 aromatic carbocycles. The number of aromatic hydroxyl groups is 1. The van der Waals surface area contributed by atoms with Gasteiger partial charge in [0.15, 0.2) is 22.4 Å². The van der Waals surface area contributed by atoms with Crippen molar-refractivity contribution in [3.05, 3.63) is 121 Å². The van der Waals surface area contributed by atoms with Gasteiger partial charge in [-0.2, -0.15) is 0 Å². The van der Waals surface area contributed by atoms with Crippen LogP contribution in [0.1, 0.15) is 130 Å². The van der Waals surface area contributed by atoms with Crippen molar-refractivity contribution in [3.8, 4) is 11.5 Å². The molecule has 1 aromatic heterocycles. The van der Waals surface area contributed by atoms with Gasteiger partial charge in [0.05, 0.1) is 40.6 Å². The Morgan fingerprint density at radius 3 is 2.18 bits per heavy atom. The molecule has 5 aromatic rings. The number of carbonyl (C=O) groups is 9. The summed E-state index contributed by atoms with van der Waals surface area (Å²) in [4.78, 5) is 156. The second kappa shape index (κ2) is 33.5. The number of primary amides is 1. The van der Waals surface area contributed by atoms with Crippen LogP contribution in [0.2, 0.25) is 0 Å². The number of urea groups is 1. The van der Waals surface area contributed by atoms with Crippen molar-refractivity contribution in [1.29, 1.82) is 0 Å². The van der Waals surface area contributed by atoms with Gasteiger partial charge < -0.3 is 80.0 Å². The predicted molar refractivity (Wildman–Crippen MR) is 394 cm³/mol. The van der Waals surface area contributed by atoms with Crippen molar-refractivity contribution in [2.45, 2.75) is 163 Å². The number of phenols is 1. The average molecular weight is 1480 g/mol. The molecule has 7 amide bonds. The number of hydrogen-bond acceptors (Lipinski definition) is 23. The number of Topliss-reactive ketones (excluding diaryl/α,β-unsaturated/α-hetero) is 2. The molecule has 10 rings (SSSR count). The van der Waals surface area contributed by atoms with Crippen molar-refractivity contribution in [2.75, 3.05) is 61.9 Å². The van der Waals surface area contributed by atoms with Crippen LogP contribution in [0.4, 0.5) is 26.7 Å². The molecule has 4 aliphatic heterocycles. The van der Waals surface area contributed by atoms with Gasteiger partial charge in [0, 0.05) is 155 Å². The summed E-state index contributed by atoms with van der Waals surface area (Å²) in [6, 6.07) is 8.69. The molecule has 5 aliphatic rings. The Balaban J connectivity index is 0.843. The molecule has 2 fully saturated rings. The second-order valence-electron chi connectivity index (χ2n) is 28.7. The first kappa shape index (κ1) is 79.1. The van der Waals surface area contributed by atoms with E-state index in [0.717, 1.165) is 0 Å². The van der Waals surface area contributed by atoms with E-state index in [4.69, 9.17) is 38.8 Å². The van der Waals surface area contributed by atoms with E-state index in [1.165, 1.54) is 93.4 Å². The van der Waals surface area contributed by atoms with Crippen molar-refractivity contribution in [1.82, 2.24) is 20.1 Å². The highest BCUT2D eigenvalue weighted by Gasteiger charge is 2.50. The molecule has 1 aliphatic carbocycles. The minimum atomic E-state index is -2.08. The van der Waals surface area contributed by atoms with Crippen LogP contribution in [0.3, 0.4) is 0 Å². The number of aliphatic hydroxyl groups excluding tert-OH is 3. The number of carbonyl (C=O) groups excluding carboxylic acids is 9. The normalized spacial score (nSPS) is 24.6. The van der Waals surface area contributed by atoms with Crippen LogP contribution >= 0.6 is 0 Å². The molecule has 1 saturated carbocycles. The molecule has 0 spiro atoms. The lowest BCUT2D eigenvalue weighted by Gasteiger charge is -2.39. The lowest BCUT2D eigenvalue weighted by atomic mass is 9.61. The summed E-state index contributed by atoms with van der Waals surface area (Å²) in [5.74, 6) is -10.1. The van der Waals surface area contributed by atoms with Gasteiger partial charge in [0.25, 0.3) is 17.7 Å². The number of rotatable bonds is 22. The fourth-order valence-electron chi connectivity index (χ4n) is 14.7. The minimum Gasteiger partial charge on any atom is -0.507 e. The monoisotopic (exact) mass is 1480 g/mol. The molecular weight excluding hydrogens is 1380 g/mol. The van der Waals surface area contributed by atoms with E-state index >= 15 is 4.79 Å². The highest BCUT2D eigenvalue weighted by Crippen LogP contribution is 2.46. The number of piperazine rings is 1. The Labute approximate surface area is 616 Å². The van der Waals surface area contributed by atoms with E-state index in [1.54, 1.807) is 58.0 Å². The van der Waals surface area contributed by atoms with Gasteiger partial charge in [0.2, 0.25) is 16.8 Å². The van der Waals surface area contributed by atoms with Gasteiger partial charge in [-0.15, -0.1) is 0 Å². The number of allylic oxidation sites excluding steroid dienone is 2. The Morgan fingerprint density at radius 2 is 1.52 bits per heavy atom. The molecule has 107 heavy (non-hydrogen) atoms. The third-order valence-corrected chi connectivity index (χ3v) is 21.4. The van der Waals surface area contributed by atoms with Gasteiger partial charge in [-0.05, 0) is 76.1 Å². The van der Waals surface area contributed by atoms with Crippen LogP contribution < -0.4 is 47.4 Å². The SMILES string of the molecule is CO[C@H]1/C=C/O[C@@]2(C)Oc3c(C)c(O)c4c(=O)c(c5oc6cc(N7CCN(C(=O)OCc8ccc(NC(=O)[C@H](CCCNC(N)=O)CC(=O)C9(C(=O)CCCCCCN%10C(=O)C=CC%10=O)CCC9)cc8)CC7)cc(=O)c6nc5c4c3=C2O)NC(=O)/C(C)=C\C=C\[C@H](C)[C@H](O)[C@@H](C)[C@@H](O)[C@@H](C)[C@H](OC(C)=O)[C@@H]1C. The standard InChI is InChI=1S/C78H94N8O21/c1-41-17-14-18-42(2)73(98)83-64-68(96)60-59(61-70(46(6)67(60)95)107-77(8,72(61)97)104-36-27-53(102-9)43(3)69(105-47(7)87)45(5)66(94)44(4)65(41)93)63-71(64)106-54-39-51(38-52(88)62(54)82-63)84-32-34-85(35-33-84)76(101)103-40-48-21-23-50(24-22-48)81-74(99)49(19-15-30-80-75(79)100)37-56(90)78(28-16-29-78)55(89)20-12-10-11-13-31-86-57(91)25-26-58(86)92/h14,17-18,21-27,36,38-39,41,43-45,49,53,65-66,69,93-95,97H,10-13,15-16,19-20,28-35,37,40H2,1-9H3,(H,81,99)(H,83,98)(H3,79,80,100)/b17-14+,36-27+,42-18-/t41-,43+,44+,45+,49+,53-,65-,66+,69+,77-/m0/s1. The third-order valence-electron chi connectivity index (χ3n) is 21.4. The fourth-order valence-corrected chi connectivity index (χ4v) is 14.7. The van der Waals surface area contributed by atoms with Crippen LogP contribution in [0.5, 0.6) is 11.5 Å². The summed E-state index contributed by atoms with van der Waals surface area (Å²) in [5.41, 5.74) is 2.44. The van der Waals surface area contributed by atoms with Crippen molar-refractivity contribution >= 4 is 109 Å². The van der Waals surface area contributed by atoms with E-state index in [0.29, 0.717) is 74.8 Å². The molecule has 572 valence electrons. The molecule has 29 heteroatoms. The number of benzene rings is 4. The zero-order valence-corrected chi connectivity index (χ0v) is 61.5. The van der Waals surface area contributed by atoms with E-state index in [2.05, 4.69) is 16.0 Å². The van der Waals surface area contributed by atoms with E-state index < -0.39 is 129 Å². The van der Waals surface area contributed by atoms with E-state index in [9.17, 15) is 68.4 Å². The fraction of sp³-hybridized carbons (Fsp3) is 0.487. The average Bonchev–Trinajstić information content (AvgIpc) is 1.65. The van der Waals surface area contributed by atoms with Crippen LogP contribution in [-0.2, 0) is 59.1 Å². The maximum absolute atomic E-state index is 15.2. The quantitative estimate of drug-likeness (QED) is 0.00825. The summed E-state index contributed by atoms with van der Waals surface area (Å²) in [7, 11) is 1.42. The molecule has 10 atom stereocenters. The van der Waals surface area contributed by atoms with Crippen molar-refractivity contribution in [2.24, 2.45) is 40.7 Å². The zero-order chi connectivity index (χ0) is 77.5. The largest absolute Gasteiger partial charge is 0.507 e. The van der Waals surface area contributed by atoms with Gasteiger partial charge >= 0.3 is 23.9 Å². The molecular formula is C78H94N8O21. The first-order valence-electron chi connectivity index (χ1n) is 36.2. The highest BCUT2D eigenvalue weighted by atomic mass is 16.7. The first-order valence-corrected chi connectivity index (χ1v) is 36.2. The number of hydrogen-bond donors (Lipinski definition) is 8. The summed E-state index contributed by atoms with van der Waals surface area (Å²) >= 11 is 0. The van der Waals surface area contributed by atoms with Crippen LogP contribution in [0.25, 0.3) is 38.7 Å². The van der Waals surface area contributed by atoms with Crippen molar-refractivity contribution < 1.29 is 91.7 Å². The molecule has 0 unspecified atom stereocenters. The summed E-state index contributed by atoms with van der Waals surface area (Å²) in [6.45, 7) is 13.3.